The average Bonchev–Trinajstić information content (AvgIpc) is 2.80. The molecular formula is C14H15F2NO3S. The largest absolute Gasteiger partial charge is 0.481 e. The van der Waals surface area contributed by atoms with Crippen LogP contribution < -0.4 is 0 Å². The summed E-state index contributed by atoms with van der Waals surface area (Å²) in [6.45, 7) is 2.21. The predicted octanol–water partition coefficient (Wildman–Crippen LogP) is 2.79. The lowest BCUT2D eigenvalue weighted by Gasteiger charge is -2.17. The lowest BCUT2D eigenvalue weighted by atomic mass is 9.99. The fourth-order valence-corrected chi connectivity index (χ4v) is 3.10. The van der Waals surface area contributed by atoms with Crippen molar-refractivity contribution in [3.63, 3.8) is 0 Å². The number of rotatable bonds is 4. The summed E-state index contributed by atoms with van der Waals surface area (Å²) in [5.41, 5.74) is 0.195. The van der Waals surface area contributed by atoms with Crippen LogP contribution in [0.1, 0.15) is 17.3 Å². The maximum Gasteiger partial charge on any atom is 0.308 e. The standard InChI is InChI=1S/C14H15F2NO3S/c1-8-6-17(7-10(8)13(19)20)12(18)9-4-2-3-5-11(9)21-14(15)16/h2-5,8,10,14H,6-7H2,1H3,(H,19,20)/t8-,10-/m1/s1. The molecule has 0 radical (unpaired) electrons. The third kappa shape index (κ3) is 3.53. The number of carbonyl (C=O) groups is 2. The van der Waals surface area contributed by atoms with Crippen LogP contribution in [0.2, 0.25) is 0 Å². The first-order valence-electron chi connectivity index (χ1n) is 6.46. The van der Waals surface area contributed by atoms with Gasteiger partial charge in [-0.05, 0) is 18.1 Å². The molecule has 114 valence electrons. The predicted molar refractivity (Wildman–Crippen MR) is 74.5 cm³/mol. The Balaban J connectivity index is 2.20. The van der Waals surface area contributed by atoms with Crippen molar-refractivity contribution in [3.05, 3.63) is 29.8 Å². The number of alkyl halides is 2. The summed E-state index contributed by atoms with van der Waals surface area (Å²) in [6.07, 6.45) is 0. The van der Waals surface area contributed by atoms with Crippen LogP contribution in [0.25, 0.3) is 0 Å². The Kier molecular flexibility index (Phi) is 4.82. The van der Waals surface area contributed by atoms with Crippen LogP contribution in [-0.4, -0.2) is 40.7 Å². The topological polar surface area (TPSA) is 57.6 Å². The number of likely N-dealkylation sites (tertiary alicyclic amines) is 1. The third-order valence-corrected chi connectivity index (χ3v) is 4.34. The van der Waals surface area contributed by atoms with Gasteiger partial charge in [0.25, 0.3) is 11.7 Å². The van der Waals surface area contributed by atoms with Gasteiger partial charge in [0.15, 0.2) is 0 Å². The Morgan fingerprint density at radius 3 is 2.57 bits per heavy atom. The van der Waals surface area contributed by atoms with Crippen LogP contribution in [0.15, 0.2) is 29.2 Å². The molecule has 1 aromatic carbocycles. The Hall–Kier alpha value is -1.63. The number of benzene rings is 1. The zero-order valence-corrected chi connectivity index (χ0v) is 12.1. The second-order valence-corrected chi connectivity index (χ2v) is 6.04. The molecule has 0 unspecified atom stereocenters. The first-order chi connectivity index (χ1) is 9.90. The average molecular weight is 315 g/mol. The molecule has 2 atom stereocenters. The highest BCUT2D eigenvalue weighted by molar-refractivity contribution is 7.99. The van der Waals surface area contributed by atoms with E-state index in [1.54, 1.807) is 19.1 Å². The van der Waals surface area contributed by atoms with E-state index in [1.165, 1.54) is 17.0 Å². The van der Waals surface area contributed by atoms with E-state index in [-0.39, 0.29) is 22.9 Å². The highest BCUT2D eigenvalue weighted by Gasteiger charge is 2.37. The molecule has 0 bridgehead atoms. The SMILES string of the molecule is C[C@@H]1CN(C(=O)c2ccccc2SC(F)F)C[C@H]1C(=O)O. The molecule has 0 aromatic heterocycles. The molecule has 1 aliphatic heterocycles. The second-order valence-electron chi connectivity index (χ2n) is 5.01. The van der Waals surface area contributed by atoms with Gasteiger partial charge in [0.1, 0.15) is 0 Å². The molecule has 1 aromatic rings. The summed E-state index contributed by atoms with van der Waals surface area (Å²) in [7, 11) is 0. The summed E-state index contributed by atoms with van der Waals surface area (Å²) in [4.78, 5) is 25.2. The van der Waals surface area contributed by atoms with E-state index in [0.29, 0.717) is 18.3 Å². The maximum absolute atomic E-state index is 12.5. The molecule has 7 heteroatoms. The van der Waals surface area contributed by atoms with Gasteiger partial charge in [-0.2, -0.15) is 8.78 Å². The summed E-state index contributed by atoms with van der Waals surface area (Å²) in [5.74, 6) is -4.70. The van der Waals surface area contributed by atoms with Gasteiger partial charge in [-0.15, -0.1) is 0 Å². The fraction of sp³-hybridized carbons (Fsp3) is 0.429. The number of carbonyl (C=O) groups excluding carboxylic acids is 1. The summed E-state index contributed by atoms with van der Waals surface area (Å²) in [5, 5.41) is 9.09. The molecule has 4 nitrogen and oxygen atoms in total. The van der Waals surface area contributed by atoms with Crippen molar-refractivity contribution in [3.8, 4) is 0 Å². The highest BCUT2D eigenvalue weighted by Crippen LogP contribution is 2.31. The van der Waals surface area contributed by atoms with E-state index in [1.807, 2.05) is 0 Å². The first-order valence-corrected chi connectivity index (χ1v) is 7.34. The third-order valence-electron chi connectivity index (χ3n) is 3.55. The van der Waals surface area contributed by atoms with E-state index in [4.69, 9.17) is 5.11 Å². The quantitative estimate of drug-likeness (QED) is 0.868. The van der Waals surface area contributed by atoms with E-state index < -0.39 is 23.6 Å². The van der Waals surface area contributed by atoms with Crippen molar-refractivity contribution in [2.45, 2.75) is 17.6 Å². The fourth-order valence-electron chi connectivity index (χ4n) is 2.47. The van der Waals surface area contributed by atoms with Crippen molar-refractivity contribution in [2.75, 3.05) is 13.1 Å². The van der Waals surface area contributed by atoms with Gasteiger partial charge in [0, 0.05) is 18.0 Å². The Labute approximate surface area is 125 Å². The lowest BCUT2D eigenvalue weighted by Crippen LogP contribution is -2.30. The van der Waals surface area contributed by atoms with E-state index >= 15 is 0 Å². The van der Waals surface area contributed by atoms with Gasteiger partial charge < -0.3 is 10.0 Å². The molecule has 1 amide bonds. The normalized spacial score (nSPS) is 21.8. The number of carboxylic acids is 1. The van der Waals surface area contributed by atoms with Crippen molar-refractivity contribution in [1.82, 2.24) is 4.90 Å². The van der Waals surface area contributed by atoms with Crippen LogP contribution in [0.3, 0.4) is 0 Å². The van der Waals surface area contributed by atoms with Gasteiger partial charge in [0.2, 0.25) is 0 Å². The second kappa shape index (κ2) is 6.43. The molecule has 2 rings (SSSR count). The molecule has 0 spiro atoms. The lowest BCUT2D eigenvalue weighted by molar-refractivity contribution is -0.142. The van der Waals surface area contributed by atoms with E-state index in [0.717, 1.165) is 0 Å². The van der Waals surface area contributed by atoms with E-state index in [2.05, 4.69) is 0 Å². The zero-order chi connectivity index (χ0) is 15.6. The van der Waals surface area contributed by atoms with Gasteiger partial charge >= 0.3 is 5.97 Å². The van der Waals surface area contributed by atoms with Crippen LogP contribution >= 0.6 is 11.8 Å². The van der Waals surface area contributed by atoms with Crippen molar-refractivity contribution >= 4 is 23.6 Å². The molecule has 21 heavy (non-hydrogen) atoms. The first kappa shape index (κ1) is 15.8. The molecule has 1 saturated heterocycles. The van der Waals surface area contributed by atoms with Crippen molar-refractivity contribution < 1.29 is 23.5 Å². The molecule has 1 heterocycles. The highest BCUT2D eigenvalue weighted by atomic mass is 32.2. The summed E-state index contributed by atoms with van der Waals surface area (Å²) < 4.78 is 25.1. The molecule has 0 saturated carbocycles. The number of carboxylic acid groups (broad SMARTS) is 1. The van der Waals surface area contributed by atoms with Crippen molar-refractivity contribution in [2.24, 2.45) is 11.8 Å². The van der Waals surface area contributed by atoms with Crippen LogP contribution in [-0.2, 0) is 4.79 Å². The Bertz CT molecular complexity index is 553. The summed E-state index contributed by atoms with van der Waals surface area (Å²) >= 11 is 0.323. The number of aliphatic carboxylic acids is 1. The van der Waals surface area contributed by atoms with Crippen LogP contribution in [0, 0.1) is 11.8 Å². The monoisotopic (exact) mass is 315 g/mol. The van der Waals surface area contributed by atoms with Gasteiger partial charge in [-0.1, -0.05) is 30.8 Å². The van der Waals surface area contributed by atoms with E-state index in [9.17, 15) is 18.4 Å². The Morgan fingerprint density at radius 1 is 1.33 bits per heavy atom. The smallest absolute Gasteiger partial charge is 0.308 e. The number of thioether (sulfide) groups is 1. The summed E-state index contributed by atoms with van der Waals surface area (Å²) in [6, 6.07) is 6.16. The number of halogens is 2. The number of amides is 1. The number of hydrogen-bond acceptors (Lipinski definition) is 3. The minimum Gasteiger partial charge on any atom is -0.481 e. The van der Waals surface area contributed by atoms with Crippen molar-refractivity contribution in [1.29, 1.82) is 0 Å². The van der Waals surface area contributed by atoms with Crippen LogP contribution in [0.4, 0.5) is 8.78 Å². The minimum atomic E-state index is -2.61. The zero-order valence-electron chi connectivity index (χ0n) is 11.3. The number of nitrogens with zero attached hydrogens (tertiary/aromatic N) is 1. The molecule has 1 N–H and O–H groups in total. The number of hydrogen-bond donors (Lipinski definition) is 1. The minimum absolute atomic E-state index is 0.114. The molecule has 1 aliphatic rings. The molecule has 0 aliphatic carbocycles. The maximum atomic E-state index is 12.5. The Morgan fingerprint density at radius 2 is 2.00 bits per heavy atom. The van der Waals surface area contributed by atoms with Gasteiger partial charge in [-0.3, -0.25) is 9.59 Å². The molecule has 1 fully saturated rings. The van der Waals surface area contributed by atoms with Gasteiger partial charge in [0.05, 0.1) is 11.5 Å². The molecular weight excluding hydrogens is 300 g/mol. The van der Waals surface area contributed by atoms with Gasteiger partial charge in [-0.25, -0.2) is 0 Å². The van der Waals surface area contributed by atoms with Crippen LogP contribution in [0.5, 0.6) is 0 Å².